The minimum atomic E-state index is -4.34. The average Bonchev–Trinajstić information content (AvgIpc) is 2.26. The van der Waals surface area contributed by atoms with Crippen LogP contribution in [-0.2, 0) is 9.53 Å². The molecule has 1 aliphatic rings. The second-order valence-corrected chi connectivity index (χ2v) is 5.11. The number of carbonyl (C=O) groups is 1. The van der Waals surface area contributed by atoms with Crippen LogP contribution in [0, 0.1) is 11.8 Å². The van der Waals surface area contributed by atoms with Crippen LogP contribution >= 0.6 is 0 Å². The first kappa shape index (κ1) is 15.3. The molecular formula is C12H20F3NO2. The lowest BCUT2D eigenvalue weighted by Gasteiger charge is -2.31. The zero-order valence-electron chi connectivity index (χ0n) is 10.8. The maximum Gasteiger partial charge on any atom is 0.406 e. The SMILES string of the molecule is CC(C)CN(CC(F)(F)F)C(=O)C1CCOCC1. The van der Waals surface area contributed by atoms with Crippen LogP contribution in [-0.4, -0.2) is 43.3 Å². The van der Waals surface area contributed by atoms with Crippen LogP contribution in [0.4, 0.5) is 13.2 Å². The largest absolute Gasteiger partial charge is 0.406 e. The van der Waals surface area contributed by atoms with Crippen molar-refractivity contribution >= 4 is 5.91 Å². The lowest BCUT2D eigenvalue weighted by atomic mass is 9.98. The maximum absolute atomic E-state index is 12.5. The van der Waals surface area contributed by atoms with Gasteiger partial charge in [-0.1, -0.05) is 13.8 Å². The fraction of sp³-hybridized carbons (Fsp3) is 0.917. The van der Waals surface area contributed by atoms with Crippen molar-refractivity contribution in [2.75, 3.05) is 26.3 Å². The molecule has 6 heteroatoms. The Balaban J connectivity index is 2.65. The van der Waals surface area contributed by atoms with Crippen LogP contribution in [0.2, 0.25) is 0 Å². The van der Waals surface area contributed by atoms with Gasteiger partial charge in [-0.15, -0.1) is 0 Å². The number of halogens is 3. The molecule has 18 heavy (non-hydrogen) atoms. The van der Waals surface area contributed by atoms with Crippen LogP contribution in [0.3, 0.4) is 0 Å². The van der Waals surface area contributed by atoms with Gasteiger partial charge in [0.05, 0.1) is 0 Å². The fourth-order valence-electron chi connectivity index (χ4n) is 2.09. The first-order valence-corrected chi connectivity index (χ1v) is 6.23. The molecule has 0 radical (unpaired) electrons. The molecule has 0 atom stereocenters. The molecular weight excluding hydrogens is 247 g/mol. The molecule has 0 N–H and O–H groups in total. The molecule has 0 bridgehead atoms. The van der Waals surface area contributed by atoms with Gasteiger partial charge >= 0.3 is 6.18 Å². The third-order valence-corrected chi connectivity index (χ3v) is 2.84. The van der Waals surface area contributed by atoms with Crippen molar-refractivity contribution in [3.05, 3.63) is 0 Å². The number of alkyl halides is 3. The topological polar surface area (TPSA) is 29.5 Å². The third-order valence-electron chi connectivity index (χ3n) is 2.84. The lowest BCUT2D eigenvalue weighted by molar-refractivity contribution is -0.166. The van der Waals surface area contributed by atoms with E-state index in [1.165, 1.54) is 0 Å². The first-order valence-electron chi connectivity index (χ1n) is 6.23. The number of rotatable bonds is 4. The predicted octanol–water partition coefficient (Wildman–Crippen LogP) is 2.46. The van der Waals surface area contributed by atoms with Crippen molar-refractivity contribution in [2.24, 2.45) is 11.8 Å². The second-order valence-electron chi connectivity index (χ2n) is 5.11. The number of hydrogen-bond donors (Lipinski definition) is 0. The van der Waals surface area contributed by atoms with Crippen LogP contribution < -0.4 is 0 Å². The lowest BCUT2D eigenvalue weighted by Crippen LogP contribution is -2.45. The monoisotopic (exact) mass is 267 g/mol. The summed E-state index contributed by atoms with van der Waals surface area (Å²) in [4.78, 5) is 13.0. The van der Waals surface area contributed by atoms with Gasteiger partial charge < -0.3 is 9.64 Å². The molecule has 0 saturated carbocycles. The van der Waals surface area contributed by atoms with Gasteiger partial charge in [-0.2, -0.15) is 13.2 Å². The summed E-state index contributed by atoms with van der Waals surface area (Å²) in [6, 6.07) is 0. The van der Waals surface area contributed by atoms with Gasteiger partial charge in [0, 0.05) is 25.7 Å². The third kappa shape index (κ3) is 5.25. The van der Waals surface area contributed by atoms with E-state index in [0.29, 0.717) is 26.1 Å². The Morgan fingerprint density at radius 3 is 2.33 bits per heavy atom. The van der Waals surface area contributed by atoms with Gasteiger partial charge in [0.1, 0.15) is 6.54 Å². The van der Waals surface area contributed by atoms with E-state index in [2.05, 4.69) is 0 Å². The van der Waals surface area contributed by atoms with Crippen molar-refractivity contribution in [3.63, 3.8) is 0 Å². The van der Waals surface area contributed by atoms with Crippen LogP contribution in [0.5, 0.6) is 0 Å². The molecule has 0 unspecified atom stereocenters. The van der Waals surface area contributed by atoms with Gasteiger partial charge in [0.15, 0.2) is 0 Å². The molecule has 1 saturated heterocycles. The zero-order chi connectivity index (χ0) is 13.8. The Hall–Kier alpha value is -0.780. The van der Waals surface area contributed by atoms with Gasteiger partial charge in [0.2, 0.25) is 5.91 Å². The standard InChI is InChI=1S/C12H20F3NO2/c1-9(2)7-16(8-12(13,14)15)11(17)10-3-5-18-6-4-10/h9-10H,3-8H2,1-2H3. The van der Waals surface area contributed by atoms with Crippen molar-refractivity contribution in [2.45, 2.75) is 32.9 Å². The van der Waals surface area contributed by atoms with E-state index in [-0.39, 0.29) is 24.3 Å². The Kier molecular flexibility index (Phi) is 5.44. The smallest absolute Gasteiger partial charge is 0.381 e. The molecule has 0 aromatic heterocycles. The number of amides is 1. The summed E-state index contributed by atoms with van der Waals surface area (Å²) in [7, 11) is 0. The molecule has 0 aromatic carbocycles. The highest BCUT2D eigenvalue weighted by Crippen LogP contribution is 2.22. The number of carbonyl (C=O) groups excluding carboxylic acids is 1. The highest BCUT2D eigenvalue weighted by Gasteiger charge is 2.35. The van der Waals surface area contributed by atoms with Gasteiger partial charge in [-0.3, -0.25) is 4.79 Å². The summed E-state index contributed by atoms with van der Waals surface area (Å²) in [6.07, 6.45) is -3.30. The number of nitrogens with zero attached hydrogens (tertiary/aromatic N) is 1. The van der Waals surface area contributed by atoms with E-state index >= 15 is 0 Å². The van der Waals surface area contributed by atoms with E-state index in [1.54, 1.807) is 13.8 Å². The van der Waals surface area contributed by atoms with Crippen LogP contribution in [0.1, 0.15) is 26.7 Å². The summed E-state index contributed by atoms with van der Waals surface area (Å²) in [5.41, 5.74) is 0. The molecule has 1 heterocycles. The molecule has 1 fully saturated rings. The summed E-state index contributed by atoms with van der Waals surface area (Å²) in [5.74, 6) is -0.680. The number of ether oxygens (including phenoxy) is 1. The highest BCUT2D eigenvalue weighted by atomic mass is 19.4. The van der Waals surface area contributed by atoms with Crippen molar-refractivity contribution in [1.82, 2.24) is 4.90 Å². The Labute approximate surface area is 105 Å². The van der Waals surface area contributed by atoms with Crippen molar-refractivity contribution < 1.29 is 22.7 Å². The fourth-order valence-corrected chi connectivity index (χ4v) is 2.09. The van der Waals surface area contributed by atoms with Gasteiger partial charge in [-0.05, 0) is 18.8 Å². The summed E-state index contributed by atoms with van der Waals surface area (Å²) in [5, 5.41) is 0. The van der Waals surface area contributed by atoms with Crippen LogP contribution in [0.25, 0.3) is 0 Å². The second kappa shape index (κ2) is 6.41. The molecule has 1 amide bonds. The first-order chi connectivity index (χ1) is 8.29. The zero-order valence-corrected chi connectivity index (χ0v) is 10.8. The maximum atomic E-state index is 12.5. The van der Waals surface area contributed by atoms with E-state index in [4.69, 9.17) is 4.74 Å². The van der Waals surface area contributed by atoms with E-state index in [1.807, 2.05) is 0 Å². The van der Waals surface area contributed by atoms with Gasteiger partial charge in [0.25, 0.3) is 0 Å². The summed E-state index contributed by atoms with van der Waals surface area (Å²) >= 11 is 0. The minimum absolute atomic E-state index is 0.0242. The molecule has 1 rings (SSSR count). The normalized spacial score (nSPS) is 18.1. The Bertz CT molecular complexity index is 273. The molecule has 0 spiro atoms. The average molecular weight is 267 g/mol. The molecule has 3 nitrogen and oxygen atoms in total. The molecule has 1 aliphatic heterocycles. The van der Waals surface area contributed by atoms with Crippen LogP contribution in [0.15, 0.2) is 0 Å². The highest BCUT2D eigenvalue weighted by molar-refractivity contribution is 5.79. The molecule has 0 aliphatic carbocycles. The quantitative estimate of drug-likeness (QED) is 0.783. The Morgan fingerprint density at radius 2 is 1.89 bits per heavy atom. The molecule has 0 aromatic rings. The summed E-state index contributed by atoms with van der Waals surface area (Å²) in [6.45, 7) is 3.52. The van der Waals surface area contributed by atoms with Crippen molar-refractivity contribution in [3.8, 4) is 0 Å². The van der Waals surface area contributed by atoms with E-state index < -0.39 is 12.7 Å². The van der Waals surface area contributed by atoms with Crippen molar-refractivity contribution in [1.29, 1.82) is 0 Å². The Morgan fingerprint density at radius 1 is 1.33 bits per heavy atom. The minimum Gasteiger partial charge on any atom is -0.381 e. The van der Waals surface area contributed by atoms with E-state index in [0.717, 1.165) is 4.90 Å². The van der Waals surface area contributed by atoms with Gasteiger partial charge in [-0.25, -0.2) is 0 Å². The predicted molar refractivity (Wildman–Crippen MR) is 61.0 cm³/mol. The van der Waals surface area contributed by atoms with E-state index in [9.17, 15) is 18.0 Å². The molecule has 106 valence electrons. The summed E-state index contributed by atoms with van der Waals surface area (Å²) < 4.78 is 42.5. The number of hydrogen-bond acceptors (Lipinski definition) is 2.